The maximum atomic E-state index is 10.2. The summed E-state index contributed by atoms with van der Waals surface area (Å²) in [5.74, 6) is 1.48. The van der Waals surface area contributed by atoms with Crippen LogP contribution in [0.5, 0.6) is 34.5 Å². The van der Waals surface area contributed by atoms with Crippen molar-refractivity contribution in [2.24, 2.45) is 11.8 Å². The highest BCUT2D eigenvalue weighted by atomic mass is 16.5. The van der Waals surface area contributed by atoms with E-state index in [-0.39, 0.29) is 35.5 Å². The molecule has 2 aliphatic rings. The normalized spacial score (nSPS) is 25.1. The first-order chi connectivity index (χ1) is 14.5. The molecule has 4 rings (SSSR count). The van der Waals surface area contributed by atoms with Crippen molar-refractivity contribution in [2.75, 3.05) is 41.7 Å². The molecule has 0 spiro atoms. The Morgan fingerprint density at radius 2 is 0.933 bits per heavy atom. The predicted octanol–water partition coefficient (Wildman–Crippen LogP) is 3.21. The number of phenolic OH excluding ortho intramolecular Hbond substituents is 2. The molecule has 2 saturated heterocycles. The first-order valence-electron chi connectivity index (χ1n) is 9.65. The van der Waals surface area contributed by atoms with Gasteiger partial charge in [-0.15, -0.1) is 0 Å². The van der Waals surface area contributed by atoms with Crippen LogP contribution in [-0.2, 0) is 9.47 Å². The summed E-state index contributed by atoms with van der Waals surface area (Å²) in [7, 11) is 5.99. The Balaban J connectivity index is 1.63. The smallest absolute Gasteiger partial charge is 0.200 e. The quantitative estimate of drug-likeness (QED) is 0.738. The average Bonchev–Trinajstić information content (AvgIpc) is 3.36. The van der Waals surface area contributed by atoms with Crippen LogP contribution in [0.4, 0.5) is 0 Å². The zero-order chi connectivity index (χ0) is 21.4. The predicted molar refractivity (Wildman–Crippen MR) is 107 cm³/mol. The Kier molecular flexibility index (Phi) is 5.53. The lowest BCUT2D eigenvalue weighted by molar-refractivity contribution is 0.0190. The minimum Gasteiger partial charge on any atom is -0.502 e. The molecule has 2 aromatic carbocycles. The van der Waals surface area contributed by atoms with Crippen LogP contribution in [0.15, 0.2) is 24.3 Å². The number of hydrogen-bond donors (Lipinski definition) is 2. The van der Waals surface area contributed by atoms with Crippen molar-refractivity contribution in [1.29, 1.82) is 0 Å². The summed E-state index contributed by atoms with van der Waals surface area (Å²) in [6.45, 7) is 1.02. The largest absolute Gasteiger partial charge is 0.502 e. The lowest BCUT2D eigenvalue weighted by Crippen LogP contribution is -2.15. The van der Waals surface area contributed by atoms with Gasteiger partial charge in [-0.05, 0) is 35.4 Å². The SMILES string of the molecule is COc1cc([C@@H]2OC[C@H]3[C@@H]2CO[C@H]3c2cc(OC)c(O)c(OC)c2)cc(OC)c1O. The molecule has 8 nitrogen and oxygen atoms in total. The molecule has 2 heterocycles. The standard InChI is InChI=1S/C22H26O8/c1-25-15-5-11(6-16(26-2)19(15)23)21-13-9-30-22(14(13)10-29-21)12-7-17(27-3)20(24)18(8-12)28-4/h5-8,13-14,21-24H,9-10H2,1-4H3/t13-,14-,21-,22-/m0/s1. The van der Waals surface area contributed by atoms with E-state index in [1.54, 1.807) is 24.3 Å². The van der Waals surface area contributed by atoms with Gasteiger partial charge in [-0.2, -0.15) is 0 Å². The monoisotopic (exact) mass is 418 g/mol. The summed E-state index contributed by atoms with van der Waals surface area (Å²) in [5, 5.41) is 20.4. The molecule has 4 atom stereocenters. The molecule has 0 aromatic heterocycles. The van der Waals surface area contributed by atoms with Gasteiger partial charge in [0.25, 0.3) is 0 Å². The molecule has 30 heavy (non-hydrogen) atoms. The first-order valence-corrected chi connectivity index (χ1v) is 9.65. The van der Waals surface area contributed by atoms with E-state index in [1.165, 1.54) is 28.4 Å². The molecule has 0 aliphatic carbocycles. The van der Waals surface area contributed by atoms with Crippen LogP contribution < -0.4 is 18.9 Å². The topological polar surface area (TPSA) is 95.8 Å². The van der Waals surface area contributed by atoms with Gasteiger partial charge in [0, 0.05) is 11.8 Å². The van der Waals surface area contributed by atoms with E-state index >= 15 is 0 Å². The van der Waals surface area contributed by atoms with Gasteiger partial charge in [0.15, 0.2) is 23.0 Å². The number of fused-ring (bicyclic) bond motifs is 1. The van der Waals surface area contributed by atoms with Crippen LogP contribution in [0.25, 0.3) is 0 Å². The third kappa shape index (κ3) is 3.26. The second-order valence-electron chi connectivity index (χ2n) is 7.38. The molecule has 0 unspecified atom stereocenters. The fourth-order valence-corrected chi connectivity index (χ4v) is 4.39. The maximum Gasteiger partial charge on any atom is 0.200 e. The van der Waals surface area contributed by atoms with Gasteiger partial charge in [0.1, 0.15) is 0 Å². The molecule has 0 amide bonds. The fourth-order valence-electron chi connectivity index (χ4n) is 4.39. The zero-order valence-corrected chi connectivity index (χ0v) is 17.4. The molecule has 0 bridgehead atoms. The van der Waals surface area contributed by atoms with E-state index in [1.807, 2.05) is 0 Å². The molecule has 2 aliphatic heterocycles. The van der Waals surface area contributed by atoms with Gasteiger partial charge in [-0.1, -0.05) is 0 Å². The van der Waals surface area contributed by atoms with Crippen LogP contribution in [0.2, 0.25) is 0 Å². The third-order valence-electron chi connectivity index (χ3n) is 5.93. The molecule has 0 saturated carbocycles. The van der Waals surface area contributed by atoms with E-state index in [9.17, 15) is 10.2 Å². The number of hydrogen-bond acceptors (Lipinski definition) is 8. The molecule has 2 fully saturated rings. The Morgan fingerprint density at radius 1 is 0.633 bits per heavy atom. The van der Waals surface area contributed by atoms with Crippen LogP contribution >= 0.6 is 0 Å². The summed E-state index contributed by atoms with van der Waals surface area (Å²) in [6, 6.07) is 7.07. The van der Waals surface area contributed by atoms with Crippen molar-refractivity contribution < 1.29 is 38.6 Å². The van der Waals surface area contributed by atoms with Crippen LogP contribution in [-0.4, -0.2) is 51.9 Å². The Bertz CT molecular complexity index is 802. The van der Waals surface area contributed by atoms with Crippen LogP contribution in [0.3, 0.4) is 0 Å². The van der Waals surface area contributed by atoms with Gasteiger partial charge in [0.05, 0.1) is 53.9 Å². The summed E-state index contributed by atoms with van der Waals surface area (Å²) >= 11 is 0. The molecular weight excluding hydrogens is 392 g/mol. The van der Waals surface area contributed by atoms with Crippen molar-refractivity contribution in [3.05, 3.63) is 35.4 Å². The van der Waals surface area contributed by atoms with Crippen molar-refractivity contribution in [3.63, 3.8) is 0 Å². The molecule has 162 valence electrons. The van der Waals surface area contributed by atoms with Crippen molar-refractivity contribution in [2.45, 2.75) is 12.2 Å². The van der Waals surface area contributed by atoms with E-state index < -0.39 is 0 Å². The summed E-state index contributed by atoms with van der Waals surface area (Å²) < 4.78 is 33.4. The molecular formula is C22H26O8. The lowest BCUT2D eigenvalue weighted by Gasteiger charge is -2.19. The van der Waals surface area contributed by atoms with Gasteiger partial charge in [-0.25, -0.2) is 0 Å². The number of ether oxygens (including phenoxy) is 6. The number of aromatic hydroxyl groups is 2. The first kappa shape index (κ1) is 20.4. The second-order valence-corrected chi connectivity index (χ2v) is 7.38. The maximum absolute atomic E-state index is 10.2. The van der Waals surface area contributed by atoms with Gasteiger partial charge in [-0.3, -0.25) is 0 Å². The highest BCUT2D eigenvalue weighted by Crippen LogP contribution is 2.53. The van der Waals surface area contributed by atoms with E-state index in [0.717, 1.165) is 11.1 Å². The number of rotatable bonds is 6. The third-order valence-corrected chi connectivity index (χ3v) is 5.93. The zero-order valence-electron chi connectivity index (χ0n) is 17.4. The van der Waals surface area contributed by atoms with Gasteiger partial charge >= 0.3 is 0 Å². The molecule has 2 N–H and O–H groups in total. The lowest BCUT2D eigenvalue weighted by atomic mass is 9.84. The average molecular weight is 418 g/mol. The van der Waals surface area contributed by atoms with Crippen LogP contribution in [0, 0.1) is 11.8 Å². The fraction of sp³-hybridized carbons (Fsp3) is 0.455. The Hall–Kier alpha value is -2.84. The highest BCUT2D eigenvalue weighted by Gasteiger charge is 2.48. The summed E-state index contributed by atoms with van der Waals surface area (Å²) in [5.41, 5.74) is 1.72. The van der Waals surface area contributed by atoms with E-state index in [0.29, 0.717) is 36.2 Å². The molecule has 2 aromatic rings. The van der Waals surface area contributed by atoms with Crippen molar-refractivity contribution in [1.82, 2.24) is 0 Å². The van der Waals surface area contributed by atoms with E-state index in [2.05, 4.69) is 0 Å². The molecule has 8 heteroatoms. The summed E-state index contributed by atoms with van der Waals surface area (Å²) in [4.78, 5) is 0. The number of methoxy groups -OCH3 is 4. The van der Waals surface area contributed by atoms with Crippen molar-refractivity contribution in [3.8, 4) is 34.5 Å². The minimum atomic E-state index is -0.218. The highest BCUT2D eigenvalue weighted by molar-refractivity contribution is 5.54. The van der Waals surface area contributed by atoms with E-state index in [4.69, 9.17) is 28.4 Å². The Labute approximate surface area is 174 Å². The van der Waals surface area contributed by atoms with Gasteiger partial charge < -0.3 is 38.6 Å². The van der Waals surface area contributed by atoms with Crippen molar-refractivity contribution >= 4 is 0 Å². The van der Waals surface area contributed by atoms with Gasteiger partial charge in [0.2, 0.25) is 11.5 Å². The number of benzene rings is 2. The second kappa shape index (κ2) is 8.12. The summed E-state index contributed by atoms with van der Waals surface area (Å²) in [6.07, 6.45) is -0.436. The van der Waals surface area contributed by atoms with Crippen LogP contribution in [0.1, 0.15) is 23.3 Å². The minimum absolute atomic E-state index is 0.0397. The Morgan fingerprint density at radius 3 is 1.20 bits per heavy atom. The molecule has 0 radical (unpaired) electrons. The number of phenols is 2.